The second-order valence-electron chi connectivity index (χ2n) is 8.96. The topological polar surface area (TPSA) is 57.2 Å². The second kappa shape index (κ2) is 8.92. The van der Waals surface area contributed by atoms with Crippen LogP contribution in [0.1, 0.15) is 29.3 Å². The van der Waals surface area contributed by atoms with E-state index in [2.05, 4.69) is 10.00 Å². The Bertz CT molecular complexity index is 1500. The summed E-state index contributed by atoms with van der Waals surface area (Å²) < 4.78 is 51.4. The lowest BCUT2D eigenvalue weighted by molar-refractivity contribution is -0.138. The van der Waals surface area contributed by atoms with Crippen LogP contribution < -0.4 is 15.3 Å². The van der Waals surface area contributed by atoms with E-state index < -0.39 is 11.7 Å². The summed E-state index contributed by atoms with van der Waals surface area (Å²) in [5.74, 6) is 1.21. The molecule has 1 saturated heterocycles. The van der Waals surface area contributed by atoms with Crippen LogP contribution in [0.25, 0.3) is 11.0 Å². The molecule has 1 aliphatic heterocycles. The number of methoxy groups -OCH3 is 1. The van der Waals surface area contributed by atoms with Gasteiger partial charge in [-0.1, -0.05) is 35.9 Å². The molecule has 1 atom stereocenters. The van der Waals surface area contributed by atoms with Crippen molar-refractivity contribution in [3.8, 4) is 5.75 Å². The van der Waals surface area contributed by atoms with Gasteiger partial charge >= 0.3 is 11.9 Å². The molecule has 0 amide bonds. The number of hydrogen-bond acceptors (Lipinski definition) is 4. The third kappa shape index (κ3) is 3.93. The van der Waals surface area contributed by atoms with E-state index in [1.807, 2.05) is 14.0 Å². The SMILES string of the molecule is COc1cccc2c1n(Cc1ccccc1C(F)(F)F)c(=O)n2[C@@H]1CCN(c2c(Cl)c(C)nn2C)C1. The van der Waals surface area contributed by atoms with E-state index in [0.717, 1.165) is 17.6 Å². The molecular weight excluding hydrogens is 495 g/mol. The van der Waals surface area contributed by atoms with Crippen LogP contribution in [0.5, 0.6) is 5.75 Å². The molecular formula is C25H25ClF3N5O2. The number of aromatic nitrogens is 4. The summed E-state index contributed by atoms with van der Waals surface area (Å²) in [5, 5.41) is 4.95. The number of aryl methyl sites for hydroxylation is 2. The fourth-order valence-electron chi connectivity index (χ4n) is 5.18. The van der Waals surface area contributed by atoms with E-state index >= 15 is 0 Å². The highest BCUT2D eigenvalue weighted by Gasteiger charge is 2.35. The molecule has 11 heteroatoms. The van der Waals surface area contributed by atoms with Crippen molar-refractivity contribution in [2.45, 2.75) is 32.1 Å². The summed E-state index contributed by atoms with van der Waals surface area (Å²) in [6, 6.07) is 10.4. The van der Waals surface area contributed by atoms with Crippen molar-refractivity contribution < 1.29 is 17.9 Å². The summed E-state index contributed by atoms with van der Waals surface area (Å²) in [6.07, 6.45) is -3.87. The van der Waals surface area contributed by atoms with Gasteiger partial charge in [0.05, 0.1) is 36.5 Å². The molecule has 36 heavy (non-hydrogen) atoms. The van der Waals surface area contributed by atoms with Crippen LogP contribution in [0.4, 0.5) is 19.0 Å². The number of para-hydroxylation sites is 1. The van der Waals surface area contributed by atoms with Crippen LogP contribution in [0, 0.1) is 6.92 Å². The number of anilines is 1. The van der Waals surface area contributed by atoms with Crippen LogP contribution in [-0.4, -0.2) is 39.1 Å². The molecule has 0 aliphatic carbocycles. The van der Waals surface area contributed by atoms with Gasteiger partial charge in [0, 0.05) is 20.1 Å². The largest absolute Gasteiger partial charge is 0.494 e. The van der Waals surface area contributed by atoms with Gasteiger partial charge in [-0.15, -0.1) is 0 Å². The first-order valence-electron chi connectivity index (χ1n) is 11.5. The van der Waals surface area contributed by atoms with Gasteiger partial charge in [0.15, 0.2) is 0 Å². The molecule has 0 N–H and O–H groups in total. The van der Waals surface area contributed by atoms with Crippen LogP contribution in [0.3, 0.4) is 0 Å². The monoisotopic (exact) mass is 519 g/mol. The number of ether oxygens (including phenoxy) is 1. The molecule has 0 spiro atoms. The third-order valence-electron chi connectivity index (χ3n) is 6.76. The number of rotatable bonds is 5. The Balaban J connectivity index is 1.61. The average molecular weight is 520 g/mol. The molecule has 7 nitrogen and oxygen atoms in total. The molecule has 2 aromatic carbocycles. The molecule has 4 aromatic rings. The zero-order chi connectivity index (χ0) is 25.8. The smallest absolute Gasteiger partial charge is 0.416 e. The molecule has 0 radical (unpaired) electrons. The van der Waals surface area contributed by atoms with Gasteiger partial charge in [0.25, 0.3) is 0 Å². The summed E-state index contributed by atoms with van der Waals surface area (Å²) in [7, 11) is 3.30. The predicted octanol–water partition coefficient (Wildman–Crippen LogP) is 5.03. The molecule has 1 aliphatic rings. The first-order chi connectivity index (χ1) is 17.1. The van der Waals surface area contributed by atoms with E-state index in [1.54, 1.807) is 33.5 Å². The first kappa shape index (κ1) is 24.3. The number of benzene rings is 2. The number of nitrogens with zero attached hydrogens (tertiary/aromatic N) is 5. The standard InChI is InChI=1S/C25H25ClF3N5O2/c1-15-21(26)23(31(2)30-15)32-12-11-17(14-32)34-19-9-6-10-20(36-3)22(19)33(24(34)35)13-16-7-4-5-8-18(16)25(27,28)29/h4-10,17H,11-14H2,1-3H3/t17-/m1/s1. The van der Waals surface area contributed by atoms with Crippen molar-refractivity contribution in [3.05, 3.63) is 74.8 Å². The highest BCUT2D eigenvalue weighted by Crippen LogP contribution is 2.36. The Morgan fingerprint density at radius 1 is 1.17 bits per heavy atom. The Hall–Kier alpha value is -3.40. The van der Waals surface area contributed by atoms with Crippen molar-refractivity contribution in [2.75, 3.05) is 25.1 Å². The molecule has 0 bridgehead atoms. The zero-order valence-electron chi connectivity index (χ0n) is 20.0. The number of hydrogen-bond donors (Lipinski definition) is 0. The fraction of sp³-hybridized carbons (Fsp3) is 0.360. The van der Waals surface area contributed by atoms with E-state index in [0.29, 0.717) is 41.3 Å². The molecule has 2 aromatic heterocycles. The maximum Gasteiger partial charge on any atom is 0.416 e. The number of alkyl halides is 3. The van der Waals surface area contributed by atoms with E-state index in [1.165, 1.54) is 23.8 Å². The Morgan fingerprint density at radius 3 is 2.58 bits per heavy atom. The second-order valence-corrected chi connectivity index (χ2v) is 9.33. The lowest BCUT2D eigenvalue weighted by Crippen LogP contribution is -2.30. The molecule has 190 valence electrons. The van der Waals surface area contributed by atoms with Crippen LogP contribution in [-0.2, 0) is 19.8 Å². The van der Waals surface area contributed by atoms with Gasteiger partial charge in [-0.25, -0.2) is 4.79 Å². The lowest BCUT2D eigenvalue weighted by Gasteiger charge is -2.19. The molecule has 0 saturated carbocycles. The summed E-state index contributed by atoms with van der Waals surface area (Å²) >= 11 is 6.49. The first-order valence-corrected chi connectivity index (χ1v) is 11.9. The van der Waals surface area contributed by atoms with Crippen molar-refractivity contribution in [3.63, 3.8) is 0 Å². The lowest BCUT2D eigenvalue weighted by atomic mass is 10.1. The van der Waals surface area contributed by atoms with E-state index in [-0.39, 0.29) is 23.8 Å². The minimum Gasteiger partial charge on any atom is -0.494 e. The minimum atomic E-state index is -4.53. The highest BCUT2D eigenvalue weighted by atomic mass is 35.5. The van der Waals surface area contributed by atoms with Gasteiger partial charge in [-0.05, 0) is 37.1 Å². The van der Waals surface area contributed by atoms with Gasteiger partial charge < -0.3 is 9.64 Å². The van der Waals surface area contributed by atoms with Crippen LogP contribution >= 0.6 is 11.6 Å². The summed E-state index contributed by atoms with van der Waals surface area (Å²) in [6.45, 7) is 2.77. The van der Waals surface area contributed by atoms with Crippen LogP contribution in [0.2, 0.25) is 5.02 Å². The fourth-order valence-corrected chi connectivity index (χ4v) is 5.46. The molecule has 3 heterocycles. The Labute approximate surface area is 210 Å². The Morgan fingerprint density at radius 2 is 1.92 bits per heavy atom. The molecule has 5 rings (SSSR count). The van der Waals surface area contributed by atoms with Crippen molar-refractivity contribution in [1.82, 2.24) is 18.9 Å². The summed E-state index contributed by atoms with van der Waals surface area (Å²) in [5.41, 5.74) is 0.672. The van der Waals surface area contributed by atoms with E-state index in [9.17, 15) is 18.0 Å². The maximum absolute atomic E-state index is 13.8. The van der Waals surface area contributed by atoms with Gasteiger partial charge in [0.2, 0.25) is 0 Å². The van der Waals surface area contributed by atoms with Gasteiger partial charge in [-0.2, -0.15) is 18.3 Å². The van der Waals surface area contributed by atoms with Gasteiger partial charge in [0.1, 0.15) is 22.1 Å². The predicted molar refractivity (Wildman–Crippen MR) is 132 cm³/mol. The van der Waals surface area contributed by atoms with Crippen molar-refractivity contribution in [1.29, 1.82) is 0 Å². The average Bonchev–Trinajstić information content (AvgIpc) is 3.48. The molecule has 0 unspecified atom stereocenters. The Kier molecular flexibility index (Phi) is 6.02. The zero-order valence-corrected chi connectivity index (χ0v) is 20.8. The van der Waals surface area contributed by atoms with Crippen LogP contribution in [0.15, 0.2) is 47.3 Å². The van der Waals surface area contributed by atoms with Gasteiger partial charge in [-0.3, -0.25) is 13.8 Å². The maximum atomic E-state index is 13.8. The highest BCUT2D eigenvalue weighted by molar-refractivity contribution is 6.33. The number of halogens is 4. The van der Waals surface area contributed by atoms with Crippen molar-refractivity contribution >= 4 is 28.5 Å². The normalized spacial score (nSPS) is 16.3. The molecule has 1 fully saturated rings. The third-order valence-corrected chi connectivity index (χ3v) is 7.21. The summed E-state index contributed by atoms with van der Waals surface area (Å²) in [4.78, 5) is 15.9. The van der Waals surface area contributed by atoms with Crippen molar-refractivity contribution in [2.24, 2.45) is 7.05 Å². The quantitative estimate of drug-likeness (QED) is 0.371. The minimum absolute atomic E-state index is 0.0160. The number of fused-ring (bicyclic) bond motifs is 1. The van der Waals surface area contributed by atoms with E-state index in [4.69, 9.17) is 16.3 Å². The number of imidazole rings is 1.